The summed E-state index contributed by atoms with van der Waals surface area (Å²) in [5.41, 5.74) is 1.64. The molecule has 0 spiro atoms. The van der Waals surface area contributed by atoms with Crippen molar-refractivity contribution in [3.05, 3.63) is 23.0 Å². The second-order valence-corrected chi connectivity index (χ2v) is 2.78. The lowest BCUT2D eigenvalue weighted by atomic mass is 10.1. The van der Waals surface area contributed by atoms with E-state index in [2.05, 4.69) is 10.3 Å². The van der Waals surface area contributed by atoms with Crippen molar-refractivity contribution < 1.29 is 9.90 Å². The number of aromatic nitrogens is 1. The molecule has 2 rings (SSSR count). The average Bonchev–Trinajstić information content (AvgIpc) is 2.41. The third-order valence-electron chi connectivity index (χ3n) is 1.98. The number of nitrogens with zero attached hydrogens (tertiary/aromatic N) is 1. The van der Waals surface area contributed by atoms with Gasteiger partial charge in [-0.15, -0.1) is 0 Å². The van der Waals surface area contributed by atoms with Crippen LogP contribution in [0.15, 0.2) is 6.20 Å². The summed E-state index contributed by atoms with van der Waals surface area (Å²) in [6, 6.07) is 0. The summed E-state index contributed by atoms with van der Waals surface area (Å²) in [5, 5.41) is 12.1. The molecular formula is C8H8N2O2. The topological polar surface area (TPSA) is 62.2 Å². The molecule has 0 aromatic carbocycles. The number of pyridine rings is 1. The summed E-state index contributed by atoms with van der Waals surface area (Å²) in [4.78, 5) is 15.1. The number of aromatic hydroxyl groups is 1. The van der Waals surface area contributed by atoms with Crippen LogP contribution in [0.5, 0.6) is 5.75 Å². The molecule has 0 aliphatic carbocycles. The number of rotatable bonds is 0. The quantitative estimate of drug-likeness (QED) is 0.581. The lowest BCUT2D eigenvalue weighted by molar-refractivity contribution is 0.0963. The zero-order valence-electron chi connectivity index (χ0n) is 6.59. The molecule has 1 aromatic heterocycles. The lowest BCUT2D eigenvalue weighted by Crippen LogP contribution is -2.12. The van der Waals surface area contributed by atoms with Crippen LogP contribution in [-0.2, 0) is 6.54 Å². The first-order chi connectivity index (χ1) is 5.70. The van der Waals surface area contributed by atoms with Gasteiger partial charge in [0.25, 0.3) is 5.91 Å². The van der Waals surface area contributed by atoms with E-state index in [-0.39, 0.29) is 11.7 Å². The monoisotopic (exact) mass is 164 g/mol. The molecule has 0 unspecified atom stereocenters. The molecule has 0 bridgehead atoms. The molecule has 0 fully saturated rings. The lowest BCUT2D eigenvalue weighted by Gasteiger charge is -2.01. The van der Waals surface area contributed by atoms with Crippen molar-refractivity contribution in [2.24, 2.45) is 0 Å². The van der Waals surface area contributed by atoms with Crippen molar-refractivity contribution in [3.8, 4) is 5.75 Å². The molecule has 1 aromatic rings. The van der Waals surface area contributed by atoms with Gasteiger partial charge in [-0.2, -0.15) is 0 Å². The van der Waals surface area contributed by atoms with Crippen LogP contribution in [0, 0.1) is 6.92 Å². The van der Waals surface area contributed by atoms with Gasteiger partial charge in [0.2, 0.25) is 0 Å². The van der Waals surface area contributed by atoms with Gasteiger partial charge in [-0.05, 0) is 6.92 Å². The Morgan fingerprint density at radius 1 is 1.67 bits per heavy atom. The van der Waals surface area contributed by atoms with E-state index in [1.807, 2.05) is 0 Å². The Bertz CT molecular complexity index is 360. The minimum atomic E-state index is -0.215. The van der Waals surface area contributed by atoms with E-state index in [1.54, 1.807) is 13.1 Å². The Morgan fingerprint density at radius 3 is 3.17 bits per heavy atom. The van der Waals surface area contributed by atoms with Crippen LogP contribution in [0.4, 0.5) is 0 Å². The molecule has 0 radical (unpaired) electrons. The molecule has 0 atom stereocenters. The third-order valence-corrected chi connectivity index (χ3v) is 1.98. The van der Waals surface area contributed by atoms with E-state index in [4.69, 9.17) is 0 Å². The Morgan fingerprint density at radius 2 is 2.42 bits per heavy atom. The Hall–Kier alpha value is -1.58. The van der Waals surface area contributed by atoms with Crippen LogP contribution in [0.25, 0.3) is 0 Å². The minimum absolute atomic E-state index is 0.00231. The highest BCUT2D eigenvalue weighted by molar-refractivity contribution is 6.00. The normalized spacial score (nSPS) is 14.2. The van der Waals surface area contributed by atoms with Crippen LogP contribution < -0.4 is 5.32 Å². The summed E-state index contributed by atoms with van der Waals surface area (Å²) in [5.74, 6) is -0.212. The average molecular weight is 164 g/mol. The fourth-order valence-corrected chi connectivity index (χ4v) is 1.28. The first-order valence-corrected chi connectivity index (χ1v) is 3.66. The van der Waals surface area contributed by atoms with Crippen LogP contribution in [0.2, 0.25) is 0 Å². The Labute approximate surface area is 69.2 Å². The van der Waals surface area contributed by atoms with E-state index >= 15 is 0 Å². The van der Waals surface area contributed by atoms with Gasteiger partial charge in [-0.3, -0.25) is 9.78 Å². The van der Waals surface area contributed by atoms with Crippen molar-refractivity contribution >= 4 is 5.91 Å². The summed E-state index contributed by atoms with van der Waals surface area (Å²) in [6.45, 7) is 2.14. The molecule has 4 heteroatoms. The predicted octanol–water partition coefficient (Wildman–Crippen LogP) is 0.339. The molecule has 1 amide bonds. The highest BCUT2D eigenvalue weighted by Crippen LogP contribution is 2.26. The van der Waals surface area contributed by atoms with Gasteiger partial charge in [0.15, 0.2) is 0 Å². The maximum Gasteiger partial charge on any atom is 0.255 e. The number of fused-ring (bicyclic) bond motifs is 1. The van der Waals surface area contributed by atoms with E-state index in [0.29, 0.717) is 17.8 Å². The minimum Gasteiger partial charge on any atom is -0.505 e. The van der Waals surface area contributed by atoms with Gasteiger partial charge < -0.3 is 10.4 Å². The van der Waals surface area contributed by atoms with Crippen molar-refractivity contribution in [2.75, 3.05) is 0 Å². The molecular weight excluding hydrogens is 156 g/mol. The van der Waals surface area contributed by atoms with Crippen molar-refractivity contribution in [1.29, 1.82) is 0 Å². The smallest absolute Gasteiger partial charge is 0.255 e. The molecule has 2 heterocycles. The maximum absolute atomic E-state index is 11.1. The fourth-order valence-electron chi connectivity index (χ4n) is 1.28. The largest absolute Gasteiger partial charge is 0.505 e. The number of amides is 1. The standard InChI is InChI=1S/C8H8N2O2/c1-4-7(11)6-5(2-9-4)3-10-8(6)12/h2,11H,3H2,1H3,(H,10,12). The van der Waals surface area contributed by atoms with Gasteiger partial charge in [-0.1, -0.05) is 0 Å². The molecule has 62 valence electrons. The van der Waals surface area contributed by atoms with Gasteiger partial charge in [0.1, 0.15) is 5.75 Å². The zero-order valence-corrected chi connectivity index (χ0v) is 6.59. The van der Waals surface area contributed by atoms with Gasteiger partial charge in [0, 0.05) is 18.3 Å². The Kier molecular flexibility index (Phi) is 1.30. The zero-order chi connectivity index (χ0) is 8.72. The molecule has 0 saturated heterocycles. The molecule has 2 N–H and O–H groups in total. The number of carbonyl (C=O) groups excluding carboxylic acids is 1. The van der Waals surface area contributed by atoms with E-state index in [9.17, 15) is 9.90 Å². The SMILES string of the molecule is Cc1ncc2c(c1O)C(=O)NC2. The summed E-state index contributed by atoms with van der Waals surface area (Å²) >= 11 is 0. The molecule has 1 aliphatic rings. The first kappa shape index (κ1) is 7.09. The highest BCUT2D eigenvalue weighted by Gasteiger charge is 2.23. The number of aryl methyl sites for hydroxylation is 1. The van der Waals surface area contributed by atoms with Crippen molar-refractivity contribution in [3.63, 3.8) is 0 Å². The van der Waals surface area contributed by atoms with Crippen molar-refractivity contribution in [2.45, 2.75) is 13.5 Å². The predicted molar refractivity (Wildman–Crippen MR) is 41.8 cm³/mol. The number of hydrogen-bond donors (Lipinski definition) is 2. The number of nitrogens with one attached hydrogen (secondary N) is 1. The van der Waals surface area contributed by atoms with Crippen LogP contribution in [-0.4, -0.2) is 16.0 Å². The van der Waals surface area contributed by atoms with Crippen LogP contribution in [0.3, 0.4) is 0 Å². The number of hydrogen-bond acceptors (Lipinski definition) is 3. The first-order valence-electron chi connectivity index (χ1n) is 3.66. The van der Waals surface area contributed by atoms with Crippen LogP contribution >= 0.6 is 0 Å². The third kappa shape index (κ3) is 0.777. The summed E-state index contributed by atoms with van der Waals surface area (Å²) < 4.78 is 0. The number of carbonyl (C=O) groups is 1. The fraction of sp³-hybridized carbons (Fsp3) is 0.250. The highest BCUT2D eigenvalue weighted by atomic mass is 16.3. The van der Waals surface area contributed by atoms with Crippen LogP contribution in [0.1, 0.15) is 21.6 Å². The molecule has 12 heavy (non-hydrogen) atoms. The summed E-state index contributed by atoms with van der Waals surface area (Å²) in [7, 11) is 0. The maximum atomic E-state index is 11.1. The van der Waals surface area contributed by atoms with E-state index in [0.717, 1.165) is 5.56 Å². The van der Waals surface area contributed by atoms with Crippen molar-refractivity contribution in [1.82, 2.24) is 10.3 Å². The Balaban J connectivity index is 2.71. The van der Waals surface area contributed by atoms with Gasteiger partial charge in [-0.25, -0.2) is 0 Å². The molecule has 0 saturated carbocycles. The summed E-state index contributed by atoms with van der Waals surface area (Å²) in [6.07, 6.45) is 1.61. The second kappa shape index (κ2) is 2.20. The van der Waals surface area contributed by atoms with E-state index in [1.165, 1.54) is 0 Å². The molecule has 1 aliphatic heterocycles. The van der Waals surface area contributed by atoms with Gasteiger partial charge >= 0.3 is 0 Å². The second-order valence-electron chi connectivity index (χ2n) is 2.78. The molecule has 4 nitrogen and oxygen atoms in total. The van der Waals surface area contributed by atoms with Gasteiger partial charge in [0.05, 0.1) is 11.3 Å². The van der Waals surface area contributed by atoms with E-state index < -0.39 is 0 Å².